The third-order valence-electron chi connectivity index (χ3n) is 4.61. The molecule has 0 spiro atoms. The molecule has 3 rings (SSSR count). The van der Waals surface area contributed by atoms with Crippen molar-refractivity contribution in [3.05, 3.63) is 52.3 Å². The molecular formula is C21H23BrN4O4S2. The van der Waals surface area contributed by atoms with Crippen molar-refractivity contribution >= 4 is 54.0 Å². The second-order valence-electron chi connectivity index (χ2n) is 6.64. The molecule has 8 nitrogen and oxygen atoms in total. The van der Waals surface area contributed by atoms with Crippen LogP contribution in [-0.4, -0.2) is 50.9 Å². The fraction of sp³-hybridized carbons (Fsp3) is 0.238. The fourth-order valence-corrected chi connectivity index (χ4v) is 5.31. The highest BCUT2D eigenvalue weighted by Crippen LogP contribution is 2.32. The lowest BCUT2D eigenvalue weighted by Crippen LogP contribution is -2.37. The van der Waals surface area contributed by atoms with Gasteiger partial charge in [-0.05, 0) is 42.5 Å². The second-order valence-corrected chi connectivity index (χ2v) is 10.3. The minimum Gasteiger partial charge on any atom is -0.495 e. The van der Waals surface area contributed by atoms with Crippen LogP contribution in [0.1, 0.15) is 6.92 Å². The van der Waals surface area contributed by atoms with E-state index in [1.165, 1.54) is 30.6 Å². The van der Waals surface area contributed by atoms with Crippen LogP contribution in [0.3, 0.4) is 0 Å². The molecule has 1 amide bonds. The standard InChI is InChI=1S/C21H23BrN4O4S2/c1-4-26(32(28,29)16-8-6-15(22)7-9-16)12-20(27)24-17-11-14(5-10-19(17)30-3)18-13-31-21(23-2)25-18/h5-11,13H,4,12H2,1-3H3,(H,23,25)(H,24,27). The van der Waals surface area contributed by atoms with Crippen LogP contribution in [0.5, 0.6) is 5.75 Å². The first-order valence-electron chi connectivity index (χ1n) is 9.65. The molecule has 0 bridgehead atoms. The average molecular weight is 539 g/mol. The van der Waals surface area contributed by atoms with Gasteiger partial charge in [0, 0.05) is 29.0 Å². The quantitative estimate of drug-likeness (QED) is 0.421. The Morgan fingerprint density at radius 2 is 1.94 bits per heavy atom. The van der Waals surface area contributed by atoms with E-state index in [-0.39, 0.29) is 18.0 Å². The zero-order valence-electron chi connectivity index (χ0n) is 17.8. The normalized spacial score (nSPS) is 11.4. The summed E-state index contributed by atoms with van der Waals surface area (Å²) in [5.74, 6) is -0.0119. The van der Waals surface area contributed by atoms with Gasteiger partial charge in [0.25, 0.3) is 0 Å². The molecule has 1 aromatic heterocycles. The van der Waals surface area contributed by atoms with Crippen molar-refractivity contribution in [3.8, 4) is 17.0 Å². The highest BCUT2D eigenvalue weighted by molar-refractivity contribution is 9.10. The Balaban J connectivity index is 1.80. The van der Waals surface area contributed by atoms with Crippen molar-refractivity contribution in [2.75, 3.05) is 37.9 Å². The number of halogens is 1. The molecule has 170 valence electrons. The number of sulfonamides is 1. The van der Waals surface area contributed by atoms with E-state index < -0.39 is 15.9 Å². The Hall–Kier alpha value is -2.47. The lowest BCUT2D eigenvalue weighted by atomic mass is 10.1. The molecule has 11 heteroatoms. The van der Waals surface area contributed by atoms with Gasteiger partial charge in [0.05, 0.1) is 29.9 Å². The lowest BCUT2D eigenvalue weighted by molar-refractivity contribution is -0.116. The summed E-state index contributed by atoms with van der Waals surface area (Å²) in [7, 11) is -0.519. The monoisotopic (exact) mass is 538 g/mol. The molecule has 0 aliphatic rings. The topological polar surface area (TPSA) is 101 Å². The number of nitrogens with one attached hydrogen (secondary N) is 2. The Labute approximate surface area is 199 Å². The number of amides is 1. The van der Waals surface area contributed by atoms with E-state index >= 15 is 0 Å². The first kappa shape index (κ1) is 24.2. The number of rotatable bonds is 9. The third kappa shape index (κ3) is 5.47. The number of benzene rings is 2. The van der Waals surface area contributed by atoms with Gasteiger partial charge in [-0.15, -0.1) is 11.3 Å². The lowest BCUT2D eigenvalue weighted by Gasteiger charge is -2.20. The predicted molar refractivity (Wildman–Crippen MR) is 131 cm³/mol. The van der Waals surface area contributed by atoms with Gasteiger partial charge in [-0.2, -0.15) is 4.31 Å². The number of thiazole rings is 1. The third-order valence-corrected chi connectivity index (χ3v) is 7.93. The Bertz CT molecular complexity index is 1200. The maximum absolute atomic E-state index is 12.9. The van der Waals surface area contributed by atoms with Crippen molar-refractivity contribution in [1.82, 2.24) is 9.29 Å². The van der Waals surface area contributed by atoms with Crippen molar-refractivity contribution in [3.63, 3.8) is 0 Å². The van der Waals surface area contributed by atoms with Crippen LogP contribution in [0.2, 0.25) is 0 Å². The fourth-order valence-electron chi connectivity index (χ4n) is 2.96. The summed E-state index contributed by atoms with van der Waals surface area (Å²) in [6, 6.07) is 11.6. The predicted octanol–water partition coefficient (Wildman–Crippen LogP) is 4.27. The van der Waals surface area contributed by atoms with Crippen LogP contribution in [0, 0.1) is 0 Å². The Morgan fingerprint density at radius 3 is 2.53 bits per heavy atom. The Kier molecular flexibility index (Phi) is 7.88. The molecule has 0 unspecified atom stereocenters. The summed E-state index contributed by atoms with van der Waals surface area (Å²) in [6.07, 6.45) is 0. The number of methoxy groups -OCH3 is 1. The molecule has 1 heterocycles. The minimum absolute atomic E-state index is 0.124. The molecule has 0 saturated carbocycles. The summed E-state index contributed by atoms with van der Waals surface area (Å²) in [4.78, 5) is 17.4. The van der Waals surface area contributed by atoms with Crippen molar-refractivity contribution in [1.29, 1.82) is 0 Å². The van der Waals surface area contributed by atoms with Gasteiger partial charge in [-0.3, -0.25) is 4.79 Å². The van der Waals surface area contributed by atoms with Crippen LogP contribution in [0.4, 0.5) is 10.8 Å². The number of hydrogen-bond acceptors (Lipinski definition) is 7. The molecule has 32 heavy (non-hydrogen) atoms. The molecule has 2 aromatic carbocycles. The van der Waals surface area contributed by atoms with E-state index in [2.05, 4.69) is 31.5 Å². The maximum atomic E-state index is 12.9. The van der Waals surface area contributed by atoms with E-state index in [0.717, 1.165) is 25.2 Å². The molecule has 3 aromatic rings. The summed E-state index contributed by atoms with van der Waals surface area (Å²) in [5, 5.41) is 8.45. The van der Waals surface area contributed by atoms with E-state index in [0.29, 0.717) is 11.4 Å². The molecule has 0 saturated heterocycles. The number of carbonyl (C=O) groups is 1. The van der Waals surface area contributed by atoms with E-state index in [1.807, 2.05) is 11.4 Å². The van der Waals surface area contributed by atoms with Gasteiger partial charge < -0.3 is 15.4 Å². The second kappa shape index (κ2) is 10.4. The smallest absolute Gasteiger partial charge is 0.243 e. The number of nitrogens with zero attached hydrogens (tertiary/aromatic N) is 2. The number of anilines is 2. The van der Waals surface area contributed by atoms with Crippen molar-refractivity contribution in [2.45, 2.75) is 11.8 Å². The highest BCUT2D eigenvalue weighted by Gasteiger charge is 2.25. The van der Waals surface area contributed by atoms with Gasteiger partial charge in [0.15, 0.2) is 5.13 Å². The van der Waals surface area contributed by atoms with Gasteiger partial charge in [0.1, 0.15) is 5.75 Å². The zero-order valence-corrected chi connectivity index (χ0v) is 21.0. The number of likely N-dealkylation sites (N-methyl/N-ethyl adjacent to an activating group) is 1. The molecular weight excluding hydrogens is 516 g/mol. The van der Waals surface area contributed by atoms with Crippen molar-refractivity contribution in [2.24, 2.45) is 0 Å². The van der Waals surface area contributed by atoms with Crippen LogP contribution >= 0.6 is 27.3 Å². The number of hydrogen-bond donors (Lipinski definition) is 2. The molecule has 2 N–H and O–H groups in total. The highest BCUT2D eigenvalue weighted by atomic mass is 79.9. The first-order valence-corrected chi connectivity index (χ1v) is 12.8. The molecule has 0 aliphatic carbocycles. The van der Waals surface area contributed by atoms with Crippen LogP contribution in [-0.2, 0) is 14.8 Å². The summed E-state index contributed by atoms with van der Waals surface area (Å²) in [5.41, 5.74) is 1.99. The van der Waals surface area contributed by atoms with E-state index in [9.17, 15) is 13.2 Å². The molecule has 0 fully saturated rings. The van der Waals surface area contributed by atoms with Crippen LogP contribution in [0.15, 0.2) is 57.2 Å². The number of aromatic nitrogens is 1. The van der Waals surface area contributed by atoms with Gasteiger partial charge >= 0.3 is 0 Å². The summed E-state index contributed by atoms with van der Waals surface area (Å²) >= 11 is 4.76. The number of carbonyl (C=O) groups excluding carboxylic acids is 1. The van der Waals surface area contributed by atoms with Crippen LogP contribution < -0.4 is 15.4 Å². The molecule has 0 radical (unpaired) electrons. The molecule has 0 aliphatic heterocycles. The summed E-state index contributed by atoms with van der Waals surface area (Å²) < 4.78 is 33.2. The first-order chi connectivity index (χ1) is 15.3. The zero-order chi connectivity index (χ0) is 23.3. The Morgan fingerprint density at radius 1 is 1.22 bits per heavy atom. The average Bonchev–Trinajstić information content (AvgIpc) is 3.27. The summed E-state index contributed by atoms with van der Waals surface area (Å²) in [6.45, 7) is 1.50. The van der Waals surface area contributed by atoms with Gasteiger partial charge in [-0.25, -0.2) is 13.4 Å². The van der Waals surface area contributed by atoms with Gasteiger partial charge in [-0.1, -0.05) is 22.9 Å². The SMILES string of the molecule is CCN(CC(=O)Nc1cc(-c2csc(NC)n2)ccc1OC)S(=O)(=O)c1ccc(Br)cc1. The van der Waals surface area contributed by atoms with E-state index in [4.69, 9.17) is 4.74 Å². The van der Waals surface area contributed by atoms with Crippen molar-refractivity contribution < 1.29 is 17.9 Å². The van der Waals surface area contributed by atoms with Crippen LogP contribution in [0.25, 0.3) is 11.3 Å². The largest absolute Gasteiger partial charge is 0.495 e. The number of ether oxygens (including phenoxy) is 1. The molecule has 0 atom stereocenters. The minimum atomic E-state index is -3.82. The maximum Gasteiger partial charge on any atom is 0.243 e. The van der Waals surface area contributed by atoms with E-state index in [1.54, 1.807) is 38.2 Å². The van der Waals surface area contributed by atoms with Gasteiger partial charge in [0.2, 0.25) is 15.9 Å².